The Morgan fingerprint density at radius 1 is 1.33 bits per heavy atom. The number of nitrogens with zero attached hydrogens (tertiary/aromatic N) is 3. The highest BCUT2D eigenvalue weighted by Gasteiger charge is 1.99. The molecule has 0 saturated heterocycles. The van der Waals surface area contributed by atoms with E-state index in [2.05, 4.69) is 38.2 Å². The van der Waals surface area contributed by atoms with Crippen molar-refractivity contribution >= 4 is 29.9 Å². The number of ether oxygens (including phenoxy) is 1. The lowest BCUT2D eigenvalue weighted by molar-refractivity contribution is 0.414. The highest BCUT2D eigenvalue weighted by Crippen LogP contribution is 2.13. The van der Waals surface area contributed by atoms with Gasteiger partial charge in [0.2, 0.25) is 0 Å². The summed E-state index contributed by atoms with van der Waals surface area (Å²) in [5.74, 6) is 1.69. The third-order valence-corrected chi connectivity index (χ3v) is 3.34. The smallest absolute Gasteiger partial charge is 0.191 e. The Morgan fingerprint density at radius 3 is 2.92 bits per heavy atom. The number of benzene rings is 1. The van der Waals surface area contributed by atoms with E-state index in [1.807, 2.05) is 30.7 Å². The van der Waals surface area contributed by atoms with E-state index in [0.717, 1.165) is 43.3 Å². The zero-order chi connectivity index (χ0) is 16.3. The van der Waals surface area contributed by atoms with Gasteiger partial charge in [0.25, 0.3) is 0 Å². The molecule has 1 heterocycles. The molecule has 132 valence electrons. The molecule has 1 aromatic heterocycles. The van der Waals surface area contributed by atoms with Gasteiger partial charge in [-0.25, -0.2) is 9.98 Å². The largest absolute Gasteiger partial charge is 0.497 e. The van der Waals surface area contributed by atoms with E-state index in [-0.39, 0.29) is 24.0 Å². The molecular formula is C17H26IN5O. The molecule has 2 rings (SSSR count). The minimum absolute atomic E-state index is 0. The van der Waals surface area contributed by atoms with Gasteiger partial charge in [0, 0.05) is 32.0 Å². The number of nitrogens with one attached hydrogen (secondary N) is 2. The van der Waals surface area contributed by atoms with Gasteiger partial charge in [-0.1, -0.05) is 12.1 Å². The first kappa shape index (κ1) is 20.3. The number of aryl methyl sites for hydroxylation is 1. The summed E-state index contributed by atoms with van der Waals surface area (Å²) < 4.78 is 7.31. The molecule has 0 amide bonds. The highest BCUT2D eigenvalue weighted by atomic mass is 127. The summed E-state index contributed by atoms with van der Waals surface area (Å²) in [4.78, 5) is 8.65. The molecular weight excluding hydrogens is 417 g/mol. The van der Waals surface area contributed by atoms with Gasteiger partial charge in [-0.15, -0.1) is 24.0 Å². The molecule has 0 bridgehead atoms. The van der Waals surface area contributed by atoms with Crippen molar-refractivity contribution in [2.24, 2.45) is 4.99 Å². The number of aliphatic imine (C=N–C) groups is 1. The Kier molecular flexibility index (Phi) is 9.90. The van der Waals surface area contributed by atoms with Crippen molar-refractivity contribution in [1.29, 1.82) is 0 Å². The molecule has 0 unspecified atom stereocenters. The van der Waals surface area contributed by atoms with Gasteiger partial charge < -0.3 is 19.9 Å². The molecule has 1 aromatic carbocycles. The van der Waals surface area contributed by atoms with E-state index in [1.54, 1.807) is 13.3 Å². The molecule has 0 saturated carbocycles. The van der Waals surface area contributed by atoms with Crippen molar-refractivity contribution in [2.45, 2.75) is 26.4 Å². The van der Waals surface area contributed by atoms with Crippen LogP contribution < -0.4 is 15.4 Å². The molecule has 24 heavy (non-hydrogen) atoms. The van der Waals surface area contributed by atoms with Gasteiger partial charge >= 0.3 is 0 Å². The van der Waals surface area contributed by atoms with Gasteiger partial charge in [-0.05, 0) is 31.0 Å². The minimum atomic E-state index is 0. The molecule has 0 atom stereocenters. The highest BCUT2D eigenvalue weighted by molar-refractivity contribution is 14.0. The van der Waals surface area contributed by atoms with Crippen molar-refractivity contribution in [3.8, 4) is 5.75 Å². The standard InChI is InChI=1S/C17H25N5O.HI/c1-3-19-17(20-8-5-10-22-11-9-18-14-22)21-13-15-6-4-7-16(12-15)23-2;/h4,6-7,9,11-12,14H,3,5,8,10,13H2,1-2H3,(H2,19,20,21);1H. The van der Waals surface area contributed by atoms with Crippen LogP contribution >= 0.6 is 24.0 Å². The summed E-state index contributed by atoms with van der Waals surface area (Å²) in [6.45, 7) is 5.33. The molecule has 2 aromatic rings. The quantitative estimate of drug-likeness (QED) is 0.285. The topological polar surface area (TPSA) is 63.5 Å². The van der Waals surface area contributed by atoms with Gasteiger partial charge in [-0.3, -0.25) is 0 Å². The second-order valence-corrected chi connectivity index (χ2v) is 5.13. The van der Waals surface area contributed by atoms with Gasteiger partial charge in [-0.2, -0.15) is 0 Å². The van der Waals surface area contributed by atoms with E-state index in [4.69, 9.17) is 4.74 Å². The van der Waals surface area contributed by atoms with Gasteiger partial charge in [0.05, 0.1) is 20.0 Å². The third kappa shape index (κ3) is 7.20. The number of hydrogen-bond donors (Lipinski definition) is 2. The van der Waals surface area contributed by atoms with Crippen LogP contribution in [0.2, 0.25) is 0 Å². The molecule has 0 aliphatic heterocycles. The van der Waals surface area contributed by atoms with Crippen LogP contribution in [-0.4, -0.2) is 35.7 Å². The normalized spacial score (nSPS) is 10.8. The van der Waals surface area contributed by atoms with Crippen LogP contribution in [0, 0.1) is 0 Å². The molecule has 0 radical (unpaired) electrons. The summed E-state index contributed by atoms with van der Waals surface area (Å²) in [5, 5.41) is 6.62. The third-order valence-electron chi connectivity index (χ3n) is 3.34. The number of methoxy groups -OCH3 is 1. The first-order valence-corrected chi connectivity index (χ1v) is 7.92. The molecule has 7 heteroatoms. The number of rotatable bonds is 8. The lowest BCUT2D eigenvalue weighted by atomic mass is 10.2. The fraction of sp³-hybridized carbons (Fsp3) is 0.412. The Labute approximate surface area is 160 Å². The summed E-state index contributed by atoms with van der Waals surface area (Å²) in [5.41, 5.74) is 1.12. The maximum atomic E-state index is 5.24. The molecule has 2 N–H and O–H groups in total. The second-order valence-electron chi connectivity index (χ2n) is 5.13. The van der Waals surface area contributed by atoms with Crippen LogP contribution in [0.5, 0.6) is 5.75 Å². The second kappa shape index (κ2) is 11.7. The predicted octanol–water partition coefficient (Wildman–Crippen LogP) is 2.66. The van der Waals surface area contributed by atoms with Crippen LogP contribution in [0.15, 0.2) is 48.0 Å². The van der Waals surface area contributed by atoms with E-state index in [1.165, 1.54) is 0 Å². The molecule has 0 fully saturated rings. The average Bonchev–Trinajstić information content (AvgIpc) is 3.10. The van der Waals surface area contributed by atoms with Crippen LogP contribution in [0.3, 0.4) is 0 Å². The summed E-state index contributed by atoms with van der Waals surface area (Å²) >= 11 is 0. The first-order valence-electron chi connectivity index (χ1n) is 7.92. The van der Waals surface area contributed by atoms with Gasteiger partial charge in [0.15, 0.2) is 5.96 Å². The number of aromatic nitrogens is 2. The summed E-state index contributed by atoms with van der Waals surface area (Å²) in [6.07, 6.45) is 6.62. The van der Waals surface area contributed by atoms with Crippen molar-refractivity contribution in [2.75, 3.05) is 20.2 Å². The number of guanidine groups is 1. The minimum Gasteiger partial charge on any atom is -0.497 e. The number of hydrogen-bond acceptors (Lipinski definition) is 3. The van der Waals surface area contributed by atoms with Crippen molar-refractivity contribution in [3.63, 3.8) is 0 Å². The molecule has 0 aliphatic carbocycles. The monoisotopic (exact) mass is 443 g/mol. The van der Waals surface area contributed by atoms with E-state index in [9.17, 15) is 0 Å². The average molecular weight is 443 g/mol. The van der Waals surface area contributed by atoms with Crippen LogP contribution in [0.4, 0.5) is 0 Å². The number of halogens is 1. The fourth-order valence-corrected chi connectivity index (χ4v) is 2.17. The molecule has 0 spiro atoms. The maximum absolute atomic E-state index is 5.24. The lowest BCUT2D eigenvalue weighted by Gasteiger charge is -2.11. The van der Waals surface area contributed by atoms with E-state index in [0.29, 0.717) is 6.54 Å². The Bertz CT molecular complexity index is 601. The first-order chi connectivity index (χ1) is 11.3. The van der Waals surface area contributed by atoms with E-state index < -0.39 is 0 Å². The van der Waals surface area contributed by atoms with E-state index >= 15 is 0 Å². The van der Waals surface area contributed by atoms with Crippen LogP contribution in [0.1, 0.15) is 18.9 Å². The van der Waals surface area contributed by atoms with Gasteiger partial charge in [0.1, 0.15) is 5.75 Å². The Morgan fingerprint density at radius 2 is 2.21 bits per heavy atom. The molecule has 6 nitrogen and oxygen atoms in total. The number of imidazole rings is 1. The lowest BCUT2D eigenvalue weighted by Crippen LogP contribution is -2.38. The SMILES string of the molecule is CCNC(=NCc1cccc(OC)c1)NCCCn1ccnc1.I. The Hall–Kier alpha value is -1.77. The summed E-state index contributed by atoms with van der Waals surface area (Å²) in [7, 11) is 1.67. The fourth-order valence-electron chi connectivity index (χ4n) is 2.17. The summed E-state index contributed by atoms with van der Waals surface area (Å²) in [6, 6.07) is 7.97. The zero-order valence-corrected chi connectivity index (χ0v) is 16.6. The van der Waals surface area contributed by atoms with Crippen LogP contribution in [0.25, 0.3) is 0 Å². The van der Waals surface area contributed by atoms with Crippen molar-refractivity contribution in [3.05, 3.63) is 48.5 Å². The van der Waals surface area contributed by atoms with Crippen molar-refractivity contribution < 1.29 is 4.74 Å². The Balaban J connectivity index is 0.00000288. The maximum Gasteiger partial charge on any atom is 0.191 e. The predicted molar refractivity (Wildman–Crippen MR) is 108 cm³/mol. The van der Waals surface area contributed by atoms with Crippen molar-refractivity contribution in [1.82, 2.24) is 20.2 Å². The van der Waals surface area contributed by atoms with Crippen LogP contribution in [-0.2, 0) is 13.1 Å². The molecule has 0 aliphatic rings. The zero-order valence-electron chi connectivity index (χ0n) is 14.2.